The van der Waals surface area contributed by atoms with Gasteiger partial charge in [-0.05, 0) is 52.8 Å². The zero-order valence-corrected chi connectivity index (χ0v) is 9.81. The van der Waals surface area contributed by atoms with Crippen molar-refractivity contribution in [1.82, 2.24) is 0 Å². The van der Waals surface area contributed by atoms with Gasteiger partial charge in [0.1, 0.15) is 0 Å². The van der Waals surface area contributed by atoms with E-state index in [9.17, 15) is 0 Å². The van der Waals surface area contributed by atoms with Crippen LogP contribution in [0.1, 0.15) is 11.1 Å². The Morgan fingerprint density at radius 1 is 1.55 bits per heavy atom. The van der Waals surface area contributed by atoms with Crippen LogP contribution in [-0.2, 0) is 6.61 Å². The molecule has 60 valence electrons. The van der Waals surface area contributed by atoms with Crippen LogP contribution in [0.2, 0.25) is 0 Å². The van der Waals surface area contributed by atoms with Crippen LogP contribution in [0.3, 0.4) is 0 Å². The van der Waals surface area contributed by atoms with Gasteiger partial charge >= 0.3 is 0 Å². The number of aliphatic hydroxyl groups excluding tert-OH is 1. The molecule has 3 heteroatoms. The summed E-state index contributed by atoms with van der Waals surface area (Å²) in [6, 6.07) is 3.93. The van der Waals surface area contributed by atoms with Gasteiger partial charge < -0.3 is 5.11 Å². The Kier molecular flexibility index (Phi) is 3.33. The van der Waals surface area contributed by atoms with Crippen molar-refractivity contribution in [2.45, 2.75) is 13.5 Å². The number of hydrogen-bond acceptors (Lipinski definition) is 1. The molecule has 0 aliphatic rings. The molecule has 0 unspecified atom stereocenters. The van der Waals surface area contributed by atoms with Crippen LogP contribution in [0.5, 0.6) is 0 Å². The van der Waals surface area contributed by atoms with E-state index >= 15 is 0 Å². The minimum atomic E-state index is 0.106. The molecule has 1 aromatic rings. The molecule has 1 rings (SSSR count). The first-order valence-corrected chi connectivity index (χ1v) is 5.07. The lowest BCUT2D eigenvalue weighted by atomic mass is 10.2. The molecule has 11 heavy (non-hydrogen) atoms. The van der Waals surface area contributed by atoms with E-state index in [-0.39, 0.29) is 6.61 Å². The van der Waals surface area contributed by atoms with E-state index in [1.54, 1.807) is 0 Å². The number of benzene rings is 1. The Hall–Kier alpha value is 0.390. The summed E-state index contributed by atoms with van der Waals surface area (Å²) in [5, 5.41) is 8.85. The highest BCUT2D eigenvalue weighted by atomic mass is 127. The highest BCUT2D eigenvalue weighted by Crippen LogP contribution is 2.23. The first-order chi connectivity index (χ1) is 5.15. The molecule has 1 nitrogen and oxygen atoms in total. The molecule has 0 fully saturated rings. The summed E-state index contributed by atoms with van der Waals surface area (Å²) in [5.74, 6) is 0. The van der Waals surface area contributed by atoms with Gasteiger partial charge in [0.15, 0.2) is 0 Å². The van der Waals surface area contributed by atoms with E-state index in [1.807, 2.05) is 19.1 Å². The maximum absolute atomic E-state index is 8.85. The fraction of sp³-hybridized carbons (Fsp3) is 0.250. The van der Waals surface area contributed by atoms with Crippen LogP contribution in [-0.4, -0.2) is 5.11 Å². The van der Waals surface area contributed by atoms with E-state index in [4.69, 9.17) is 5.11 Å². The van der Waals surface area contributed by atoms with Gasteiger partial charge in [-0.15, -0.1) is 0 Å². The third kappa shape index (κ3) is 2.16. The van der Waals surface area contributed by atoms with E-state index in [0.717, 1.165) is 10.0 Å². The third-order valence-electron chi connectivity index (χ3n) is 1.52. The predicted molar refractivity (Wildman–Crippen MR) is 57.5 cm³/mol. The van der Waals surface area contributed by atoms with Crippen molar-refractivity contribution < 1.29 is 5.11 Å². The lowest BCUT2D eigenvalue weighted by Crippen LogP contribution is -1.88. The lowest BCUT2D eigenvalue weighted by molar-refractivity contribution is 0.281. The summed E-state index contributed by atoms with van der Waals surface area (Å²) < 4.78 is 2.24. The standard InChI is InChI=1S/C8H8BrIO/c1-5-7(9)2-6(4-11)3-8(5)10/h2-3,11H,4H2,1H3. The molecule has 0 aliphatic heterocycles. The smallest absolute Gasteiger partial charge is 0.0682 e. The monoisotopic (exact) mass is 326 g/mol. The Labute approximate surface area is 88.1 Å². The SMILES string of the molecule is Cc1c(Br)cc(CO)cc1I. The molecule has 0 amide bonds. The second kappa shape index (κ2) is 3.87. The summed E-state index contributed by atoms with van der Waals surface area (Å²) in [7, 11) is 0. The van der Waals surface area contributed by atoms with Crippen LogP contribution in [0.25, 0.3) is 0 Å². The first-order valence-electron chi connectivity index (χ1n) is 3.20. The van der Waals surface area contributed by atoms with Crippen LogP contribution in [0.15, 0.2) is 16.6 Å². The fourth-order valence-corrected chi connectivity index (χ4v) is 2.36. The molecule has 0 bridgehead atoms. The molecule has 0 saturated heterocycles. The summed E-state index contributed by atoms with van der Waals surface area (Å²) in [6.07, 6.45) is 0. The number of rotatable bonds is 1. The van der Waals surface area contributed by atoms with Crippen molar-refractivity contribution in [3.63, 3.8) is 0 Å². The van der Waals surface area contributed by atoms with Gasteiger partial charge in [0, 0.05) is 8.04 Å². The molecule has 0 saturated carbocycles. The first kappa shape index (κ1) is 9.48. The van der Waals surface area contributed by atoms with Crippen molar-refractivity contribution in [2.24, 2.45) is 0 Å². The molecule has 0 radical (unpaired) electrons. The minimum Gasteiger partial charge on any atom is -0.392 e. The Bertz CT molecular complexity index is 250. The van der Waals surface area contributed by atoms with Gasteiger partial charge in [0.25, 0.3) is 0 Å². The predicted octanol–water partition coefficient (Wildman–Crippen LogP) is 2.85. The van der Waals surface area contributed by atoms with Gasteiger partial charge in [0.05, 0.1) is 6.61 Å². The van der Waals surface area contributed by atoms with Crippen molar-refractivity contribution >= 4 is 38.5 Å². The van der Waals surface area contributed by atoms with Crippen LogP contribution < -0.4 is 0 Å². The van der Waals surface area contributed by atoms with E-state index in [0.29, 0.717) is 0 Å². The van der Waals surface area contributed by atoms with Crippen LogP contribution in [0.4, 0.5) is 0 Å². The van der Waals surface area contributed by atoms with Crippen LogP contribution >= 0.6 is 38.5 Å². The van der Waals surface area contributed by atoms with Crippen LogP contribution in [0, 0.1) is 10.5 Å². The highest BCUT2D eigenvalue weighted by molar-refractivity contribution is 14.1. The zero-order valence-electron chi connectivity index (χ0n) is 6.06. The highest BCUT2D eigenvalue weighted by Gasteiger charge is 2.01. The van der Waals surface area contributed by atoms with Gasteiger partial charge in [-0.1, -0.05) is 15.9 Å². The third-order valence-corrected chi connectivity index (χ3v) is 3.47. The average Bonchev–Trinajstić information content (AvgIpc) is 1.99. The molecule has 0 atom stereocenters. The van der Waals surface area contributed by atoms with Gasteiger partial charge in [-0.3, -0.25) is 0 Å². The summed E-state index contributed by atoms with van der Waals surface area (Å²) in [5.41, 5.74) is 2.18. The second-order valence-corrected chi connectivity index (χ2v) is 4.36. The Morgan fingerprint density at radius 2 is 2.18 bits per heavy atom. The number of hydrogen-bond donors (Lipinski definition) is 1. The van der Waals surface area contributed by atoms with E-state index in [2.05, 4.69) is 38.5 Å². The second-order valence-electron chi connectivity index (χ2n) is 2.34. The largest absolute Gasteiger partial charge is 0.392 e. The zero-order chi connectivity index (χ0) is 8.43. The number of aliphatic hydroxyl groups is 1. The minimum absolute atomic E-state index is 0.106. The molecule has 1 N–H and O–H groups in total. The molecular weight excluding hydrogens is 319 g/mol. The van der Waals surface area contributed by atoms with Gasteiger partial charge in [0.2, 0.25) is 0 Å². The van der Waals surface area contributed by atoms with Crippen molar-refractivity contribution in [2.75, 3.05) is 0 Å². The average molecular weight is 327 g/mol. The Morgan fingerprint density at radius 3 is 2.64 bits per heavy atom. The van der Waals surface area contributed by atoms with E-state index in [1.165, 1.54) is 9.13 Å². The topological polar surface area (TPSA) is 20.2 Å². The van der Waals surface area contributed by atoms with Crippen molar-refractivity contribution in [1.29, 1.82) is 0 Å². The maximum atomic E-state index is 8.85. The molecule has 0 heterocycles. The molecule has 0 aromatic heterocycles. The summed E-state index contributed by atoms with van der Waals surface area (Å²) in [4.78, 5) is 0. The lowest BCUT2D eigenvalue weighted by Gasteiger charge is -2.03. The molecule has 1 aromatic carbocycles. The molecule has 0 spiro atoms. The van der Waals surface area contributed by atoms with E-state index < -0.39 is 0 Å². The van der Waals surface area contributed by atoms with Gasteiger partial charge in [-0.2, -0.15) is 0 Å². The normalized spacial score (nSPS) is 10.2. The maximum Gasteiger partial charge on any atom is 0.0682 e. The summed E-state index contributed by atoms with van der Waals surface area (Å²) in [6.45, 7) is 2.15. The molecule has 0 aliphatic carbocycles. The van der Waals surface area contributed by atoms with Crippen molar-refractivity contribution in [3.8, 4) is 0 Å². The van der Waals surface area contributed by atoms with Crippen molar-refractivity contribution in [3.05, 3.63) is 31.3 Å². The quantitative estimate of drug-likeness (QED) is 0.787. The van der Waals surface area contributed by atoms with Gasteiger partial charge in [-0.25, -0.2) is 0 Å². The summed E-state index contributed by atoms with van der Waals surface area (Å²) >= 11 is 5.68. The molecular formula is C8H8BrIO. The fourth-order valence-electron chi connectivity index (χ4n) is 0.789. The Balaban J connectivity index is 3.21. The number of halogens is 2.